The van der Waals surface area contributed by atoms with Gasteiger partial charge in [-0.1, -0.05) is 34.1 Å². The number of nitrogens with one attached hydrogen (secondary N) is 1. The van der Waals surface area contributed by atoms with Crippen molar-refractivity contribution in [3.8, 4) is 0 Å². The van der Waals surface area contributed by atoms with Crippen LogP contribution in [-0.2, 0) is 26.2 Å². The molecule has 0 saturated carbocycles. The Morgan fingerprint density at radius 3 is 2.38 bits per heavy atom. The Hall–Kier alpha value is -2.39. The van der Waals surface area contributed by atoms with Crippen LogP contribution in [0.25, 0.3) is 0 Å². The smallest absolute Gasteiger partial charge is 0.242 e. The van der Waals surface area contributed by atoms with Crippen LogP contribution >= 0.6 is 15.9 Å². The zero-order chi connectivity index (χ0) is 25.5. The number of aryl methyl sites for hydroxylation is 2. The van der Waals surface area contributed by atoms with Crippen molar-refractivity contribution in [3.05, 3.63) is 63.6 Å². The van der Waals surface area contributed by atoms with Crippen molar-refractivity contribution in [3.63, 3.8) is 0 Å². The molecule has 2 rings (SSSR count). The van der Waals surface area contributed by atoms with E-state index in [1.165, 1.54) is 10.6 Å². The van der Waals surface area contributed by atoms with Gasteiger partial charge in [0, 0.05) is 30.5 Å². The van der Waals surface area contributed by atoms with E-state index < -0.39 is 16.1 Å². The molecule has 0 aliphatic rings. The number of anilines is 1. The highest BCUT2D eigenvalue weighted by Crippen LogP contribution is 2.22. The van der Waals surface area contributed by atoms with Gasteiger partial charge in [-0.25, -0.2) is 8.42 Å². The summed E-state index contributed by atoms with van der Waals surface area (Å²) >= 11 is 3.44. The number of amides is 2. The minimum absolute atomic E-state index is 0.120. The van der Waals surface area contributed by atoms with E-state index in [1.54, 1.807) is 17.9 Å². The van der Waals surface area contributed by atoms with Crippen LogP contribution in [0, 0.1) is 13.8 Å². The lowest BCUT2D eigenvalue weighted by molar-refractivity contribution is -0.140. The second-order valence-electron chi connectivity index (χ2n) is 8.43. The van der Waals surface area contributed by atoms with Crippen molar-refractivity contribution >= 4 is 43.5 Å². The van der Waals surface area contributed by atoms with Crippen LogP contribution in [0.3, 0.4) is 0 Å². The molecule has 0 radical (unpaired) electrons. The normalized spacial score (nSPS) is 12.2. The lowest BCUT2D eigenvalue weighted by Gasteiger charge is -2.29. The van der Waals surface area contributed by atoms with Gasteiger partial charge in [0.25, 0.3) is 0 Å². The number of likely N-dealkylation sites (N-methyl/N-ethyl adjacent to an activating group) is 1. The van der Waals surface area contributed by atoms with E-state index in [-0.39, 0.29) is 31.3 Å². The van der Waals surface area contributed by atoms with E-state index in [0.717, 1.165) is 21.2 Å². The molecule has 34 heavy (non-hydrogen) atoms. The highest BCUT2D eigenvalue weighted by atomic mass is 79.9. The summed E-state index contributed by atoms with van der Waals surface area (Å²) in [4.78, 5) is 27.3. The first-order chi connectivity index (χ1) is 15.9. The molecule has 1 atom stereocenters. The number of hydrogen-bond donors (Lipinski definition) is 1. The third-order valence-electron chi connectivity index (χ3n) is 5.69. The van der Waals surface area contributed by atoms with Crippen molar-refractivity contribution in [1.82, 2.24) is 10.2 Å². The molecular formula is C25H34BrN3O4S. The van der Waals surface area contributed by atoms with E-state index in [0.29, 0.717) is 18.7 Å². The fraction of sp³-hybridized carbons (Fsp3) is 0.440. The Morgan fingerprint density at radius 2 is 1.79 bits per heavy atom. The molecule has 0 aliphatic heterocycles. The molecule has 0 spiro atoms. The van der Waals surface area contributed by atoms with Crippen molar-refractivity contribution < 1.29 is 18.0 Å². The number of hydrogen-bond acceptors (Lipinski definition) is 4. The average Bonchev–Trinajstić information content (AvgIpc) is 2.76. The zero-order valence-electron chi connectivity index (χ0n) is 20.5. The second kappa shape index (κ2) is 12.4. The fourth-order valence-electron chi connectivity index (χ4n) is 3.62. The topological polar surface area (TPSA) is 86.8 Å². The van der Waals surface area contributed by atoms with Crippen molar-refractivity contribution in [2.24, 2.45) is 0 Å². The molecule has 0 saturated heterocycles. The Balaban J connectivity index is 2.17. The molecule has 2 aromatic rings. The first-order valence-electron chi connectivity index (χ1n) is 11.3. The van der Waals surface area contributed by atoms with E-state index in [1.807, 2.05) is 57.2 Å². The van der Waals surface area contributed by atoms with Gasteiger partial charge in [-0.15, -0.1) is 0 Å². The summed E-state index contributed by atoms with van der Waals surface area (Å²) in [6.45, 7) is 8.37. The van der Waals surface area contributed by atoms with Crippen molar-refractivity contribution in [1.29, 1.82) is 0 Å². The average molecular weight is 553 g/mol. The molecule has 0 aliphatic carbocycles. The van der Waals surface area contributed by atoms with Gasteiger partial charge in [0.15, 0.2) is 0 Å². The predicted octanol–water partition coefficient (Wildman–Crippen LogP) is 4.17. The lowest BCUT2D eigenvalue weighted by Crippen LogP contribution is -2.47. The maximum absolute atomic E-state index is 13.2. The number of benzene rings is 2. The van der Waals surface area contributed by atoms with Gasteiger partial charge < -0.3 is 10.2 Å². The van der Waals surface area contributed by atoms with Crippen LogP contribution < -0.4 is 9.62 Å². The van der Waals surface area contributed by atoms with Crippen LogP contribution in [0.2, 0.25) is 0 Å². The summed E-state index contributed by atoms with van der Waals surface area (Å²) in [6.07, 6.45) is 1.62. The van der Waals surface area contributed by atoms with Crippen LogP contribution in [0.1, 0.15) is 43.4 Å². The molecule has 0 aromatic heterocycles. The van der Waals surface area contributed by atoms with Gasteiger partial charge in [-0.2, -0.15) is 0 Å². The minimum Gasteiger partial charge on any atom is -0.355 e. The molecule has 9 heteroatoms. The monoisotopic (exact) mass is 551 g/mol. The van der Waals surface area contributed by atoms with Crippen LogP contribution in [0.5, 0.6) is 0 Å². The number of sulfonamides is 1. The van der Waals surface area contributed by atoms with Gasteiger partial charge in [0.05, 0.1) is 11.9 Å². The maximum Gasteiger partial charge on any atom is 0.242 e. The summed E-state index contributed by atoms with van der Waals surface area (Å²) in [7, 11) is -3.52. The number of carbonyl (C=O) groups is 2. The SMILES string of the molecule is CCNC(=O)C(C)N(Cc1cccc(Br)c1)C(=O)CCCN(c1ccc(C)c(C)c1)S(C)(=O)=O. The number of nitrogens with zero attached hydrogens (tertiary/aromatic N) is 2. The van der Waals surface area contributed by atoms with Gasteiger partial charge in [0.2, 0.25) is 21.8 Å². The second-order valence-corrected chi connectivity index (χ2v) is 11.3. The van der Waals surface area contributed by atoms with E-state index in [4.69, 9.17) is 0 Å². The standard InChI is InChI=1S/C25H34BrN3O4S/c1-6-27-25(31)20(4)28(17-21-9-7-10-22(26)16-21)24(30)11-8-14-29(34(5,32)33)23-13-12-18(2)19(3)15-23/h7,9-10,12-13,15-16,20H,6,8,11,14,17H2,1-5H3,(H,27,31). The molecule has 7 nitrogen and oxygen atoms in total. The summed E-state index contributed by atoms with van der Waals surface area (Å²) in [5, 5.41) is 2.77. The minimum atomic E-state index is -3.52. The van der Waals surface area contributed by atoms with Crippen LogP contribution in [0.15, 0.2) is 46.9 Å². The third-order valence-corrected chi connectivity index (χ3v) is 7.38. The first kappa shape index (κ1) is 27.9. The zero-order valence-corrected chi connectivity index (χ0v) is 22.9. The van der Waals surface area contributed by atoms with E-state index in [2.05, 4.69) is 21.2 Å². The Labute approximate surface area is 211 Å². The number of rotatable bonds is 11. The molecule has 0 heterocycles. The maximum atomic E-state index is 13.2. The third kappa shape index (κ3) is 7.84. The molecule has 186 valence electrons. The van der Waals surface area contributed by atoms with Crippen LogP contribution in [-0.4, -0.2) is 50.5 Å². The molecule has 1 N–H and O–H groups in total. The quantitative estimate of drug-likeness (QED) is 0.454. The molecule has 2 aromatic carbocycles. The highest BCUT2D eigenvalue weighted by molar-refractivity contribution is 9.10. The number of halogens is 1. The highest BCUT2D eigenvalue weighted by Gasteiger charge is 2.26. The first-order valence-corrected chi connectivity index (χ1v) is 13.9. The Morgan fingerprint density at radius 1 is 1.09 bits per heavy atom. The Bertz CT molecular complexity index is 1120. The summed E-state index contributed by atoms with van der Waals surface area (Å²) in [5.74, 6) is -0.425. The lowest BCUT2D eigenvalue weighted by atomic mass is 10.1. The van der Waals surface area contributed by atoms with Gasteiger partial charge in [-0.05, 0) is 75.1 Å². The van der Waals surface area contributed by atoms with E-state index >= 15 is 0 Å². The summed E-state index contributed by atoms with van der Waals surface area (Å²) in [6, 6.07) is 12.5. The molecule has 0 fully saturated rings. The molecule has 2 amide bonds. The van der Waals surface area contributed by atoms with Gasteiger partial charge in [-0.3, -0.25) is 13.9 Å². The molecule has 1 unspecified atom stereocenters. The predicted molar refractivity (Wildman–Crippen MR) is 140 cm³/mol. The van der Waals surface area contributed by atoms with E-state index in [9.17, 15) is 18.0 Å². The Kier molecular flexibility index (Phi) is 10.1. The van der Waals surface area contributed by atoms with Gasteiger partial charge >= 0.3 is 0 Å². The summed E-state index contributed by atoms with van der Waals surface area (Å²) in [5.41, 5.74) is 3.56. The van der Waals surface area contributed by atoms with Crippen molar-refractivity contribution in [2.75, 3.05) is 23.7 Å². The molecule has 0 bridgehead atoms. The number of carbonyl (C=O) groups excluding carboxylic acids is 2. The van der Waals surface area contributed by atoms with Gasteiger partial charge in [0.1, 0.15) is 6.04 Å². The molecular weight excluding hydrogens is 518 g/mol. The summed E-state index contributed by atoms with van der Waals surface area (Å²) < 4.78 is 27.1. The van der Waals surface area contributed by atoms with Crippen molar-refractivity contribution in [2.45, 2.75) is 53.1 Å². The van der Waals surface area contributed by atoms with Crippen LogP contribution in [0.4, 0.5) is 5.69 Å². The fourth-order valence-corrected chi connectivity index (χ4v) is 5.03. The largest absolute Gasteiger partial charge is 0.355 e.